The Morgan fingerprint density at radius 2 is 2.33 bits per heavy atom. The largest absolute Gasteiger partial charge is 0.390 e. The summed E-state index contributed by atoms with van der Waals surface area (Å²) in [5.41, 5.74) is 0.698. The number of nitrogens with zero attached hydrogens (tertiary/aromatic N) is 4. The molecule has 1 atom stereocenters. The highest BCUT2D eigenvalue weighted by atomic mass is 79.9. The number of halogens is 1. The highest BCUT2D eigenvalue weighted by Gasteiger charge is 2.09. The predicted molar refractivity (Wildman–Crippen MR) is 68.4 cm³/mol. The van der Waals surface area contributed by atoms with Gasteiger partial charge < -0.3 is 9.84 Å². The van der Waals surface area contributed by atoms with Gasteiger partial charge in [0.2, 0.25) is 0 Å². The van der Waals surface area contributed by atoms with Crippen LogP contribution < -0.4 is 0 Å². The fourth-order valence-electron chi connectivity index (χ4n) is 1.50. The zero-order valence-corrected chi connectivity index (χ0v) is 11.4. The second kappa shape index (κ2) is 6.03. The van der Waals surface area contributed by atoms with Crippen LogP contribution in [0.15, 0.2) is 29.0 Å². The van der Waals surface area contributed by atoms with Crippen LogP contribution in [0.4, 0.5) is 0 Å². The monoisotopic (exact) mass is 312 g/mol. The molecular formula is C11H13BrN4O2. The molecule has 0 aromatic carbocycles. The van der Waals surface area contributed by atoms with Crippen molar-refractivity contribution < 1.29 is 9.84 Å². The quantitative estimate of drug-likeness (QED) is 0.890. The number of hydrogen-bond donors (Lipinski definition) is 1. The van der Waals surface area contributed by atoms with Gasteiger partial charge in [-0.1, -0.05) is 5.21 Å². The lowest BCUT2D eigenvalue weighted by Gasteiger charge is -2.05. The number of methoxy groups -OCH3 is 1. The van der Waals surface area contributed by atoms with Gasteiger partial charge in [0.15, 0.2) is 5.82 Å². The van der Waals surface area contributed by atoms with E-state index < -0.39 is 6.10 Å². The van der Waals surface area contributed by atoms with E-state index in [4.69, 9.17) is 4.74 Å². The average molecular weight is 313 g/mol. The molecule has 0 aliphatic heterocycles. The molecule has 0 aliphatic carbocycles. The summed E-state index contributed by atoms with van der Waals surface area (Å²) in [6.07, 6.45) is 3.27. The number of pyridine rings is 1. The lowest BCUT2D eigenvalue weighted by molar-refractivity contribution is 0.0644. The summed E-state index contributed by atoms with van der Waals surface area (Å²) >= 11 is 3.32. The first-order chi connectivity index (χ1) is 8.69. The molecule has 0 radical (unpaired) electrons. The molecule has 0 unspecified atom stereocenters. The van der Waals surface area contributed by atoms with Gasteiger partial charge in [-0.05, 0) is 28.1 Å². The molecule has 0 spiro atoms. The lowest BCUT2D eigenvalue weighted by atomic mass is 10.2. The minimum atomic E-state index is -0.571. The molecule has 2 rings (SSSR count). The van der Waals surface area contributed by atoms with E-state index in [2.05, 4.69) is 31.2 Å². The van der Waals surface area contributed by atoms with E-state index in [1.165, 1.54) is 0 Å². The molecule has 96 valence electrons. The summed E-state index contributed by atoms with van der Waals surface area (Å²) < 4.78 is 7.33. The van der Waals surface area contributed by atoms with Crippen LogP contribution in [0.3, 0.4) is 0 Å². The van der Waals surface area contributed by atoms with Crippen LogP contribution in [0.25, 0.3) is 5.82 Å². The minimum Gasteiger partial charge on any atom is -0.390 e. The van der Waals surface area contributed by atoms with E-state index in [0.717, 1.165) is 4.47 Å². The molecule has 1 N–H and O–H groups in total. The van der Waals surface area contributed by atoms with Crippen LogP contribution in [0, 0.1) is 0 Å². The lowest BCUT2D eigenvalue weighted by Crippen LogP contribution is -2.17. The van der Waals surface area contributed by atoms with Crippen molar-refractivity contribution in [1.82, 2.24) is 20.0 Å². The van der Waals surface area contributed by atoms with Gasteiger partial charge in [0, 0.05) is 24.2 Å². The van der Waals surface area contributed by atoms with Gasteiger partial charge in [-0.25, -0.2) is 9.67 Å². The highest BCUT2D eigenvalue weighted by Crippen LogP contribution is 2.10. The molecular weight excluding hydrogens is 300 g/mol. The van der Waals surface area contributed by atoms with E-state index in [9.17, 15) is 5.11 Å². The third kappa shape index (κ3) is 3.34. The molecule has 2 aromatic heterocycles. The maximum atomic E-state index is 9.59. The molecule has 0 fully saturated rings. The first-order valence-electron chi connectivity index (χ1n) is 5.39. The number of aromatic nitrogens is 4. The first-order valence-corrected chi connectivity index (χ1v) is 6.18. The molecule has 0 saturated carbocycles. The molecule has 0 bridgehead atoms. The van der Waals surface area contributed by atoms with E-state index in [1.807, 2.05) is 12.1 Å². The first kappa shape index (κ1) is 13.1. The van der Waals surface area contributed by atoms with Gasteiger partial charge in [-0.15, -0.1) is 5.10 Å². The summed E-state index contributed by atoms with van der Waals surface area (Å²) in [6, 6.07) is 3.71. The zero-order valence-electron chi connectivity index (χ0n) is 9.82. The Labute approximate surface area is 113 Å². The van der Waals surface area contributed by atoms with Crippen LogP contribution >= 0.6 is 15.9 Å². The second-order valence-corrected chi connectivity index (χ2v) is 4.72. The van der Waals surface area contributed by atoms with Crippen molar-refractivity contribution in [3.63, 3.8) is 0 Å². The summed E-state index contributed by atoms with van der Waals surface area (Å²) in [5.74, 6) is 0.679. The molecule has 0 saturated heterocycles. The molecule has 6 nitrogen and oxygen atoms in total. The Kier molecular flexibility index (Phi) is 4.40. The molecule has 2 heterocycles. The number of rotatable bonds is 5. The van der Waals surface area contributed by atoms with Crippen LogP contribution in [-0.2, 0) is 11.2 Å². The van der Waals surface area contributed by atoms with Crippen molar-refractivity contribution >= 4 is 15.9 Å². The molecule has 7 heteroatoms. The third-order valence-electron chi connectivity index (χ3n) is 2.29. The fourth-order valence-corrected chi connectivity index (χ4v) is 1.73. The molecule has 0 aliphatic rings. The highest BCUT2D eigenvalue weighted by molar-refractivity contribution is 9.10. The standard InChI is InChI=1S/C11H13BrN4O2/c1-18-7-10(17)4-9-6-16(15-14-9)11-3-2-8(12)5-13-11/h2-3,5-6,10,17H,4,7H2,1H3/t10-/m0/s1. The van der Waals surface area contributed by atoms with E-state index in [-0.39, 0.29) is 6.61 Å². The van der Waals surface area contributed by atoms with Gasteiger partial charge in [0.25, 0.3) is 0 Å². The maximum absolute atomic E-state index is 9.59. The number of ether oxygens (including phenoxy) is 1. The third-order valence-corrected chi connectivity index (χ3v) is 2.76. The Bertz CT molecular complexity index is 500. The summed E-state index contributed by atoms with van der Waals surface area (Å²) in [7, 11) is 1.55. The van der Waals surface area contributed by atoms with E-state index in [1.54, 1.807) is 24.2 Å². The van der Waals surface area contributed by atoms with Crippen molar-refractivity contribution in [2.75, 3.05) is 13.7 Å². The number of hydrogen-bond acceptors (Lipinski definition) is 5. The van der Waals surface area contributed by atoms with Gasteiger partial charge in [0.05, 0.1) is 24.6 Å². The number of aliphatic hydroxyl groups is 1. The molecule has 0 amide bonds. The van der Waals surface area contributed by atoms with Crippen LogP contribution in [0.1, 0.15) is 5.69 Å². The van der Waals surface area contributed by atoms with E-state index in [0.29, 0.717) is 17.9 Å². The second-order valence-electron chi connectivity index (χ2n) is 3.80. The fraction of sp³-hybridized carbons (Fsp3) is 0.364. The van der Waals surface area contributed by atoms with Crippen molar-refractivity contribution in [3.8, 4) is 5.82 Å². The SMILES string of the molecule is COC[C@@H](O)Cc1cn(-c2ccc(Br)cn2)nn1. The molecule has 2 aromatic rings. The van der Waals surface area contributed by atoms with Crippen molar-refractivity contribution in [1.29, 1.82) is 0 Å². The summed E-state index contributed by atoms with van der Waals surface area (Å²) in [6.45, 7) is 0.281. The van der Waals surface area contributed by atoms with Gasteiger partial charge >= 0.3 is 0 Å². The van der Waals surface area contributed by atoms with Crippen LogP contribution in [0.2, 0.25) is 0 Å². The van der Waals surface area contributed by atoms with E-state index >= 15 is 0 Å². The van der Waals surface area contributed by atoms with Gasteiger partial charge in [-0.3, -0.25) is 0 Å². The van der Waals surface area contributed by atoms with Crippen molar-refractivity contribution in [2.45, 2.75) is 12.5 Å². The zero-order chi connectivity index (χ0) is 13.0. The van der Waals surface area contributed by atoms with Gasteiger partial charge in [-0.2, -0.15) is 0 Å². The summed E-state index contributed by atoms with van der Waals surface area (Å²) in [5, 5.41) is 17.5. The van der Waals surface area contributed by atoms with Crippen molar-refractivity contribution in [2.24, 2.45) is 0 Å². The van der Waals surface area contributed by atoms with Gasteiger partial charge in [0.1, 0.15) is 0 Å². The smallest absolute Gasteiger partial charge is 0.155 e. The Balaban J connectivity index is 2.08. The topological polar surface area (TPSA) is 73.1 Å². The van der Waals surface area contributed by atoms with Crippen LogP contribution in [-0.4, -0.2) is 44.9 Å². The predicted octanol–water partition coefficient (Wildman–Crippen LogP) is 0.975. The Morgan fingerprint density at radius 1 is 1.50 bits per heavy atom. The summed E-state index contributed by atoms with van der Waals surface area (Å²) in [4.78, 5) is 4.20. The maximum Gasteiger partial charge on any atom is 0.155 e. The Morgan fingerprint density at radius 3 is 3.00 bits per heavy atom. The van der Waals surface area contributed by atoms with Crippen LogP contribution in [0.5, 0.6) is 0 Å². The number of aliphatic hydroxyl groups excluding tert-OH is 1. The average Bonchev–Trinajstić information content (AvgIpc) is 2.78. The normalized spacial score (nSPS) is 12.6. The molecule has 18 heavy (non-hydrogen) atoms. The van der Waals surface area contributed by atoms with Crippen molar-refractivity contribution in [3.05, 3.63) is 34.7 Å². The minimum absolute atomic E-state index is 0.281. The Hall–Kier alpha value is -1.31.